The number of halogens is 1. The molecule has 0 aliphatic heterocycles. The quantitative estimate of drug-likeness (QED) is 0.247. The number of hydrogen-bond acceptors (Lipinski definition) is 3. The minimum absolute atomic E-state index is 0.157. The van der Waals surface area contributed by atoms with Crippen LogP contribution in [0.3, 0.4) is 0 Å². The summed E-state index contributed by atoms with van der Waals surface area (Å²) in [7, 11) is 0. The molecule has 0 amide bonds. The predicted molar refractivity (Wildman–Crippen MR) is 147 cm³/mol. The molecule has 0 saturated heterocycles. The van der Waals surface area contributed by atoms with Crippen LogP contribution in [0.1, 0.15) is 91.5 Å². The van der Waals surface area contributed by atoms with Gasteiger partial charge < -0.3 is 0 Å². The van der Waals surface area contributed by atoms with E-state index in [4.69, 9.17) is 11.6 Å². The molecular formula is C30H40ClN3O. The van der Waals surface area contributed by atoms with Crippen molar-refractivity contribution in [2.45, 2.75) is 92.4 Å². The second-order valence-corrected chi connectivity index (χ2v) is 11.0. The van der Waals surface area contributed by atoms with Crippen LogP contribution in [0.25, 0.3) is 5.69 Å². The number of rotatable bonds is 10. The van der Waals surface area contributed by atoms with Gasteiger partial charge in [-0.25, -0.2) is 4.98 Å². The molecule has 35 heavy (non-hydrogen) atoms. The third-order valence-electron chi connectivity index (χ3n) is 7.23. The van der Waals surface area contributed by atoms with Crippen molar-refractivity contribution in [3.05, 3.63) is 86.1 Å². The highest BCUT2D eigenvalue weighted by Gasteiger charge is 2.27. The van der Waals surface area contributed by atoms with E-state index < -0.39 is 0 Å². The van der Waals surface area contributed by atoms with Gasteiger partial charge in [-0.3, -0.25) is 4.79 Å². The molecular weight excluding hydrogens is 454 g/mol. The van der Waals surface area contributed by atoms with Gasteiger partial charge in [0.25, 0.3) is 5.56 Å². The lowest BCUT2D eigenvalue weighted by Gasteiger charge is -2.35. The first-order chi connectivity index (χ1) is 16.7. The van der Waals surface area contributed by atoms with Gasteiger partial charge in [-0.1, -0.05) is 59.9 Å². The van der Waals surface area contributed by atoms with Gasteiger partial charge in [0.05, 0.1) is 18.1 Å². The maximum Gasteiger partial charge on any atom is 0.271 e. The van der Waals surface area contributed by atoms with Crippen LogP contribution >= 0.6 is 11.6 Å². The molecule has 0 spiro atoms. The number of aromatic nitrogens is 3. The minimum Gasteiger partial charge on any atom is -0.267 e. The van der Waals surface area contributed by atoms with Crippen LogP contribution in [0, 0.1) is 5.41 Å². The summed E-state index contributed by atoms with van der Waals surface area (Å²) in [6, 6.07) is 5.04. The highest BCUT2D eigenvalue weighted by Crippen LogP contribution is 2.42. The van der Waals surface area contributed by atoms with Crippen LogP contribution < -0.4 is 5.56 Å². The van der Waals surface area contributed by atoms with Gasteiger partial charge in [0.15, 0.2) is 0 Å². The van der Waals surface area contributed by atoms with Crippen LogP contribution in [0.5, 0.6) is 0 Å². The van der Waals surface area contributed by atoms with Crippen molar-refractivity contribution in [1.82, 2.24) is 14.8 Å². The molecule has 0 fully saturated rings. The molecule has 1 aliphatic carbocycles. The van der Waals surface area contributed by atoms with E-state index in [0.717, 1.165) is 31.2 Å². The van der Waals surface area contributed by atoms with Crippen molar-refractivity contribution >= 4 is 11.6 Å². The van der Waals surface area contributed by atoms with Crippen LogP contribution in [0.2, 0.25) is 5.15 Å². The summed E-state index contributed by atoms with van der Waals surface area (Å²) in [5.74, 6) is 0. The van der Waals surface area contributed by atoms with Crippen LogP contribution in [0.4, 0.5) is 0 Å². The minimum atomic E-state index is -0.157. The third kappa shape index (κ3) is 8.03. The lowest BCUT2D eigenvalue weighted by molar-refractivity contribution is 0.354. The zero-order chi connectivity index (χ0) is 25.4. The number of hydrogen-bond donors (Lipinski definition) is 0. The lowest BCUT2D eigenvalue weighted by Crippen LogP contribution is -2.20. The van der Waals surface area contributed by atoms with Gasteiger partial charge in [0, 0.05) is 6.07 Å². The van der Waals surface area contributed by atoms with Gasteiger partial charge in [-0.2, -0.15) is 9.78 Å². The Bertz CT molecular complexity index is 1150. The van der Waals surface area contributed by atoms with Gasteiger partial charge >= 0.3 is 0 Å². The van der Waals surface area contributed by atoms with Gasteiger partial charge in [0.1, 0.15) is 5.15 Å². The van der Waals surface area contributed by atoms with Crippen molar-refractivity contribution in [3.63, 3.8) is 0 Å². The zero-order valence-corrected chi connectivity index (χ0v) is 22.8. The molecule has 188 valence electrons. The maximum atomic E-state index is 12.5. The first kappa shape index (κ1) is 27.1. The molecule has 2 aromatic rings. The van der Waals surface area contributed by atoms with Crippen LogP contribution in [0.15, 0.2) is 69.8 Å². The molecule has 1 aliphatic rings. The molecule has 0 saturated carbocycles. The number of pyridine rings is 1. The zero-order valence-electron chi connectivity index (χ0n) is 22.0. The summed E-state index contributed by atoms with van der Waals surface area (Å²) in [5.41, 5.74) is 7.99. The first-order valence-corrected chi connectivity index (χ1v) is 13.2. The molecule has 2 aromatic heterocycles. The summed E-state index contributed by atoms with van der Waals surface area (Å²) < 4.78 is 1.34. The van der Waals surface area contributed by atoms with E-state index >= 15 is 0 Å². The maximum absolute atomic E-state index is 12.5. The number of allylic oxidation sites excluding steroid dienone is 6. The summed E-state index contributed by atoms with van der Waals surface area (Å²) in [4.78, 5) is 16.5. The Kier molecular flexibility index (Phi) is 9.68. The first-order valence-electron chi connectivity index (χ1n) is 12.9. The van der Waals surface area contributed by atoms with E-state index in [1.807, 2.05) is 0 Å². The van der Waals surface area contributed by atoms with Gasteiger partial charge in [-0.05, 0) is 102 Å². The Hall–Kier alpha value is -2.46. The SMILES string of the molecule is CC1=C(CC/C(C)=C/CC/C(C)=C/CCc2cnn(-c3ccc(Cl)nc3)c(=O)c2)C(C)(C)CCC1. The average Bonchev–Trinajstić information content (AvgIpc) is 2.79. The molecule has 4 nitrogen and oxygen atoms in total. The van der Waals surface area contributed by atoms with E-state index in [9.17, 15) is 4.79 Å². The Labute approximate surface area is 215 Å². The molecule has 0 aromatic carbocycles. The third-order valence-corrected chi connectivity index (χ3v) is 7.45. The molecule has 0 N–H and O–H groups in total. The standard InChI is InChI=1S/C30H40ClN3O/c1-22(9-6-10-23(2)14-16-27-24(3)12-8-18-30(27,4)5)11-7-13-25-19-29(35)34(33-20-25)26-15-17-28(31)32-21-26/h10-11,15,17,19-21H,6-9,12-14,16,18H2,1-5H3/b22-11+,23-10+. The molecule has 0 bridgehead atoms. The van der Waals surface area contributed by atoms with E-state index in [1.165, 1.54) is 47.9 Å². The Balaban J connectivity index is 1.44. The number of aryl methyl sites for hydroxylation is 1. The molecule has 0 radical (unpaired) electrons. The summed E-state index contributed by atoms with van der Waals surface area (Å²) in [5, 5.41) is 4.69. The van der Waals surface area contributed by atoms with E-state index in [2.05, 4.69) is 56.9 Å². The van der Waals surface area contributed by atoms with Crippen molar-refractivity contribution in [1.29, 1.82) is 0 Å². The van der Waals surface area contributed by atoms with E-state index in [1.54, 1.807) is 41.7 Å². The summed E-state index contributed by atoms with van der Waals surface area (Å²) in [6.07, 6.45) is 18.2. The molecule has 5 heteroatoms. The Morgan fingerprint density at radius 3 is 2.51 bits per heavy atom. The Morgan fingerprint density at radius 2 is 1.83 bits per heavy atom. The Morgan fingerprint density at radius 1 is 1.09 bits per heavy atom. The fraction of sp³-hybridized carbons (Fsp3) is 0.500. The highest BCUT2D eigenvalue weighted by molar-refractivity contribution is 6.29. The normalized spacial score (nSPS) is 16.6. The van der Waals surface area contributed by atoms with Crippen molar-refractivity contribution in [2.75, 3.05) is 0 Å². The molecule has 3 rings (SSSR count). The van der Waals surface area contributed by atoms with Crippen LogP contribution in [-0.2, 0) is 6.42 Å². The van der Waals surface area contributed by atoms with Crippen molar-refractivity contribution in [2.24, 2.45) is 5.41 Å². The fourth-order valence-corrected chi connectivity index (χ4v) is 5.17. The van der Waals surface area contributed by atoms with E-state index in [-0.39, 0.29) is 5.56 Å². The van der Waals surface area contributed by atoms with Gasteiger partial charge in [0.2, 0.25) is 0 Å². The number of nitrogens with zero attached hydrogens (tertiary/aromatic N) is 3. The largest absolute Gasteiger partial charge is 0.271 e. The second-order valence-electron chi connectivity index (χ2n) is 10.6. The smallest absolute Gasteiger partial charge is 0.267 e. The van der Waals surface area contributed by atoms with Gasteiger partial charge in [-0.15, -0.1) is 0 Å². The van der Waals surface area contributed by atoms with Crippen molar-refractivity contribution in [3.8, 4) is 5.69 Å². The van der Waals surface area contributed by atoms with Crippen molar-refractivity contribution < 1.29 is 0 Å². The summed E-state index contributed by atoms with van der Waals surface area (Å²) in [6.45, 7) is 11.6. The van der Waals surface area contributed by atoms with E-state index in [0.29, 0.717) is 16.3 Å². The molecule has 0 unspecified atom stereocenters. The lowest BCUT2D eigenvalue weighted by atomic mass is 9.71. The molecule has 0 atom stereocenters. The van der Waals surface area contributed by atoms with Crippen LogP contribution in [-0.4, -0.2) is 14.8 Å². The average molecular weight is 494 g/mol. The second kappa shape index (κ2) is 12.5. The monoisotopic (exact) mass is 493 g/mol. The molecule has 2 heterocycles. The highest BCUT2D eigenvalue weighted by atomic mass is 35.5. The summed E-state index contributed by atoms with van der Waals surface area (Å²) >= 11 is 5.82. The fourth-order valence-electron chi connectivity index (χ4n) is 5.05. The topological polar surface area (TPSA) is 47.8 Å². The predicted octanol–water partition coefficient (Wildman–Crippen LogP) is 8.19.